The van der Waals surface area contributed by atoms with Crippen molar-refractivity contribution in [3.63, 3.8) is 0 Å². The summed E-state index contributed by atoms with van der Waals surface area (Å²) in [5, 5.41) is 0. The van der Waals surface area contributed by atoms with Crippen LogP contribution in [0.15, 0.2) is 36.4 Å². The number of aryl methyl sites for hydroxylation is 1. The summed E-state index contributed by atoms with van der Waals surface area (Å²) in [6.07, 6.45) is 0. The van der Waals surface area contributed by atoms with E-state index in [1.54, 1.807) is 32.2 Å². The predicted octanol–water partition coefficient (Wildman–Crippen LogP) is 3.18. The zero-order chi connectivity index (χ0) is 14.5. The Balaban J connectivity index is 2.19. The summed E-state index contributed by atoms with van der Waals surface area (Å²) in [6, 6.07) is 10.7. The van der Waals surface area contributed by atoms with Gasteiger partial charge in [0.2, 0.25) is 0 Å². The maximum atomic E-state index is 13.9. The van der Waals surface area contributed by atoms with Gasteiger partial charge in [0.05, 0.1) is 7.11 Å². The molecule has 0 aromatic heterocycles. The Bertz CT molecular complexity index is 599. The topological polar surface area (TPSA) is 44.5 Å². The number of ether oxygens (including phenoxy) is 2. The summed E-state index contributed by atoms with van der Waals surface area (Å²) in [6.45, 7) is 2.38. The molecule has 0 spiro atoms. The Morgan fingerprint density at radius 1 is 1.15 bits per heavy atom. The van der Waals surface area contributed by atoms with Gasteiger partial charge in [0, 0.05) is 12.1 Å². The molecule has 0 atom stereocenters. The van der Waals surface area contributed by atoms with Gasteiger partial charge in [-0.2, -0.15) is 0 Å². The van der Waals surface area contributed by atoms with E-state index in [0.717, 1.165) is 11.1 Å². The van der Waals surface area contributed by atoms with Crippen LogP contribution < -0.4 is 15.2 Å². The van der Waals surface area contributed by atoms with Gasteiger partial charge < -0.3 is 15.2 Å². The molecule has 0 unspecified atom stereocenters. The number of rotatable bonds is 5. The van der Waals surface area contributed by atoms with Crippen molar-refractivity contribution >= 4 is 0 Å². The van der Waals surface area contributed by atoms with Crippen LogP contribution in [0.1, 0.15) is 16.7 Å². The zero-order valence-electron chi connectivity index (χ0n) is 11.7. The molecule has 0 amide bonds. The van der Waals surface area contributed by atoms with Crippen LogP contribution in [0.3, 0.4) is 0 Å². The molecule has 0 radical (unpaired) electrons. The number of benzene rings is 2. The third kappa shape index (κ3) is 3.08. The predicted molar refractivity (Wildman–Crippen MR) is 76.4 cm³/mol. The van der Waals surface area contributed by atoms with Crippen LogP contribution in [0.25, 0.3) is 0 Å². The van der Waals surface area contributed by atoms with E-state index in [4.69, 9.17) is 15.2 Å². The van der Waals surface area contributed by atoms with Crippen LogP contribution in [0.4, 0.5) is 4.39 Å². The van der Waals surface area contributed by atoms with E-state index in [1.807, 2.05) is 18.2 Å². The highest BCUT2D eigenvalue weighted by Gasteiger charge is 2.09. The molecule has 4 heteroatoms. The van der Waals surface area contributed by atoms with Gasteiger partial charge in [0.25, 0.3) is 0 Å². The third-order valence-electron chi connectivity index (χ3n) is 3.12. The van der Waals surface area contributed by atoms with Gasteiger partial charge in [-0.25, -0.2) is 4.39 Å². The maximum Gasteiger partial charge on any atom is 0.167 e. The van der Waals surface area contributed by atoms with E-state index in [9.17, 15) is 4.39 Å². The monoisotopic (exact) mass is 275 g/mol. The van der Waals surface area contributed by atoms with Gasteiger partial charge in [-0.1, -0.05) is 18.2 Å². The Morgan fingerprint density at radius 2 is 1.95 bits per heavy atom. The lowest BCUT2D eigenvalue weighted by Gasteiger charge is -2.12. The minimum Gasteiger partial charge on any atom is -0.496 e. The molecule has 0 aliphatic rings. The van der Waals surface area contributed by atoms with Gasteiger partial charge in [-0.15, -0.1) is 0 Å². The first-order valence-electron chi connectivity index (χ1n) is 6.39. The second-order valence-electron chi connectivity index (χ2n) is 4.53. The molecule has 3 nitrogen and oxygen atoms in total. The average molecular weight is 275 g/mol. The summed E-state index contributed by atoms with van der Waals surface area (Å²) < 4.78 is 24.7. The quantitative estimate of drug-likeness (QED) is 0.911. The molecule has 0 bridgehead atoms. The molecule has 2 rings (SSSR count). The average Bonchev–Trinajstić information content (AvgIpc) is 2.48. The van der Waals surface area contributed by atoms with Gasteiger partial charge in [-0.3, -0.25) is 0 Å². The highest BCUT2D eigenvalue weighted by molar-refractivity contribution is 5.38. The number of hydrogen-bond acceptors (Lipinski definition) is 3. The number of methoxy groups -OCH3 is 1. The van der Waals surface area contributed by atoms with Crippen LogP contribution in [-0.2, 0) is 13.2 Å². The molecule has 0 heterocycles. The summed E-state index contributed by atoms with van der Waals surface area (Å²) in [5.74, 6) is 0.613. The van der Waals surface area contributed by atoms with Crippen molar-refractivity contribution in [2.45, 2.75) is 20.1 Å². The van der Waals surface area contributed by atoms with E-state index in [2.05, 4.69) is 0 Å². The zero-order valence-corrected chi connectivity index (χ0v) is 11.7. The fourth-order valence-electron chi connectivity index (χ4n) is 1.96. The number of hydrogen-bond donors (Lipinski definition) is 1. The third-order valence-corrected chi connectivity index (χ3v) is 3.12. The molecule has 0 saturated heterocycles. The van der Waals surface area contributed by atoms with Crippen molar-refractivity contribution in [2.75, 3.05) is 7.11 Å². The normalized spacial score (nSPS) is 10.4. The van der Waals surface area contributed by atoms with E-state index >= 15 is 0 Å². The summed E-state index contributed by atoms with van der Waals surface area (Å²) in [4.78, 5) is 0. The first kappa shape index (κ1) is 14.3. The Hall–Kier alpha value is -2.07. The summed E-state index contributed by atoms with van der Waals surface area (Å²) >= 11 is 0. The van der Waals surface area contributed by atoms with Crippen molar-refractivity contribution in [1.82, 2.24) is 0 Å². The molecule has 2 aromatic rings. The van der Waals surface area contributed by atoms with Gasteiger partial charge in [0.1, 0.15) is 12.4 Å². The Kier molecular flexibility index (Phi) is 4.58. The van der Waals surface area contributed by atoms with Gasteiger partial charge in [-0.05, 0) is 36.2 Å². The van der Waals surface area contributed by atoms with Crippen molar-refractivity contribution in [2.24, 2.45) is 5.73 Å². The van der Waals surface area contributed by atoms with E-state index in [0.29, 0.717) is 17.9 Å². The number of halogens is 1. The lowest BCUT2D eigenvalue weighted by molar-refractivity contribution is 0.282. The lowest BCUT2D eigenvalue weighted by atomic mass is 10.1. The highest BCUT2D eigenvalue weighted by atomic mass is 19.1. The molecule has 2 aromatic carbocycles. The van der Waals surface area contributed by atoms with Crippen molar-refractivity contribution in [3.8, 4) is 11.5 Å². The minimum absolute atomic E-state index is 0.234. The van der Waals surface area contributed by atoms with Crippen molar-refractivity contribution in [3.05, 3.63) is 58.9 Å². The Labute approximate surface area is 118 Å². The minimum atomic E-state index is -0.332. The second-order valence-corrected chi connectivity index (χ2v) is 4.53. The van der Waals surface area contributed by atoms with Gasteiger partial charge >= 0.3 is 0 Å². The fraction of sp³-hybridized carbons (Fsp3) is 0.250. The lowest BCUT2D eigenvalue weighted by Crippen LogP contribution is -2.03. The Morgan fingerprint density at radius 3 is 2.65 bits per heavy atom. The highest BCUT2D eigenvalue weighted by Crippen LogP contribution is 2.24. The molecule has 0 fully saturated rings. The largest absolute Gasteiger partial charge is 0.496 e. The SMILES string of the molecule is COc1ccc(CN)cc1COc1cccc(C)c1F. The van der Waals surface area contributed by atoms with E-state index in [-0.39, 0.29) is 18.2 Å². The van der Waals surface area contributed by atoms with Crippen molar-refractivity contribution < 1.29 is 13.9 Å². The second kappa shape index (κ2) is 6.39. The molecule has 106 valence electrons. The van der Waals surface area contributed by atoms with Crippen LogP contribution in [0, 0.1) is 12.7 Å². The van der Waals surface area contributed by atoms with Crippen molar-refractivity contribution in [1.29, 1.82) is 0 Å². The molecule has 0 aliphatic carbocycles. The van der Waals surface area contributed by atoms with E-state index < -0.39 is 0 Å². The molecular formula is C16H18FNO2. The van der Waals surface area contributed by atoms with Gasteiger partial charge in [0.15, 0.2) is 11.6 Å². The fourth-order valence-corrected chi connectivity index (χ4v) is 1.96. The molecule has 2 N–H and O–H groups in total. The molecular weight excluding hydrogens is 257 g/mol. The van der Waals surface area contributed by atoms with Crippen LogP contribution in [0.2, 0.25) is 0 Å². The first-order chi connectivity index (χ1) is 9.65. The van der Waals surface area contributed by atoms with Crippen LogP contribution >= 0.6 is 0 Å². The summed E-state index contributed by atoms with van der Waals surface area (Å²) in [7, 11) is 1.59. The van der Waals surface area contributed by atoms with Crippen LogP contribution in [-0.4, -0.2) is 7.11 Å². The first-order valence-corrected chi connectivity index (χ1v) is 6.39. The number of nitrogens with two attached hydrogens (primary N) is 1. The summed E-state index contributed by atoms with van der Waals surface area (Å²) in [5.41, 5.74) is 8.00. The van der Waals surface area contributed by atoms with E-state index in [1.165, 1.54) is 0 Å². The molecule has 20 heavy (non-hydrogen) atoms. The molecule has 0 saturated carbocycles. The smallest absolute Gasteiger partial charge is 0.167 e. The molecule has 0 aliphatic heterocycles. The standard InChI is InChI=1S/C16H18FNO2/c1-11-4-3-5-15(16(11)17)20-10-13-8-12(9-18)6-7-14(13)19-2/h3-8H,9-10,18H2,1-2H3. The maximum absolute atomic E-state index is 13.9. The van der Waals surface area contributed by atoms with Crippen LogP contribution in [0.5, 0.6) is 11.5 Å².